The molecule has 3 rings (SSSR count). The fourth-order valence-corrected chi connectivity index (χ4v) is 4.41. The van der Waals surface area contributed by atoms with Crippen LogP contribution in [0.25, 0.3) is 0 Å². The van der Waals surface area contributed by atoms with Gasteiger partial charge in [0.15, 0.2) is 0 Å². The van der Waals surface area contributed by atoms with Gasteiger partial charge in [0.05, 0.1) is 5.92 Å². The second-order valence-electron chi connectivity index (χ2n) is 7.38. The van der Waals surface area contributed by atoms with Crippen molar-refractivity contribution in [1.29, 1.82) is 0 Å². The number of amides is 1. The van der Waals surface area contributed by atoms with Crippen LogP contribution >= 0.6 is 0 Å². The SMILES string of the molecule is O=C(O)C1CC12CCN(C(=O)CCC1CCCCC1)CC2. The molecule has 3 fully saturated rings. The molecule has 1 saturated heterocycles. The van der Waals surface area contributed by atoms with Gasteiger partial charge in [-0.05, 0) is 37.0 Å². The predicted molar refractivity (Wildman–Crippen MR) is 79.8 cm³/mol. The van der Waals surface area contributed by atoms with Gasteiger partial charge >= 0.3 is 5.97 Å². The Labute approximate surface area is 126 Å². The molecular formula is C17H27NO3. The van der Waals surface area contributed by atoms with Crippen LogP contribution in [0.3, 0.4) is 0 Å². The van der Waals surface area contributed by atoms with Gasteiger partial charge in [-0.25, -0.2) is 0 Å². The van der Waals surface area contributed by atoms with Crippen molar-refractivity contribution >= 4 is 11.9 Å². The van der Waals surface area contributed by atoms with Crippen molar-refractivity contribution in [2.45, 2.75) is 64.2 Å². The molecule has 1 atom stereocenters. The van der Waals surface area contributed by atoms with E-state index < -0.39 is 5.97 Å². The average Bonchev–Trinajstić information content (AvgIpc) is 3.21. The normalized spacial score (nSPS) is 28.6. The number of nitrogens with zero attached hydrogens (tertiary/aromatic N) is 1. The first-order valence-corrected chi connectivity index (χ1v) is 8.61. The Hall–Kier alpha value is -1.06. The van der Waals surface area contributed by atoms with E-state index in [-0.39, 0.29) is 11.3 Å². The number of carbonyl (C=O) groups excluding carboxylic acids is 1. The summed E-state index contributed by atoms with van der Waals surface area (Å²) in [6, 6.07) is 0. The molecule has 4 nitrogen and oxygen atoms in total. The molecule has 4 heteroatoms. The van der Waals surface area contributed by atoms with Gasteiger partial charge < -0.3 is 10.0 Å². The summed E-state index contributed by atoms with van der Waals surface area (Å²) in [6.07, 6.45) is 11.0. The highest BCUT2D eigenvalue weighted by atomic mass is 16.4. The lowest BCUT2D eigenvalue weighted by Crippen LogP contribution is -2.40. The molecule has 2 aliphatic carbocycles. The lowest BCUT2D eigenvalue weighted by atomic mass is 9.85. The maximum Gasteiger partial charge on any atom is 0.307 e. The number of carboxylic acids is 1. The maximum absolute atomic E-state index is 12.3. The van der Waals surface area contributed by atoms with Gasteiger partial charge in [0.1, 0.15) is 0 Å². The summed E-state index contributed by atoms with van der Waals surface area (Å²) in [5.74, 6) is 0.269. The Kier molecular flexibility index (Phi) is 4.23. The third-order valence-corrected chi connectivity index (χ3v) is 6.09. The van der Waals surface area contributed by atoms with E-state index in [0.717, 1.165) is 44.7 Å². The first kappa shape index (κ1) is 14.9. The van der Waals surface area contributed by atoms with E-state index in [9.17, 15) is 9.59 Å². The molecule has 0 radical (unpaired) electrons. The van der Waals surface area contributed by atoms with E-state index in [1.807, 2.05) is 4.90 Å². The minimum absolute atomic E-state index is 0.0337. The molecule has 0 aromatic carbocycles. The number of likely N-dealkylation sites (tertiary alicyclic amines) is 1. The zero-order valence-electron chi connectivity index (χ0n) is 12.9. The summed E-state index contributed by atoms with van der Waals surface area (Å²) >= 11 is 0. The number of rotatable bonds is 4. The van der Waals surface area contributed by atoms with E-state index in [2.05, 4.69) is 0 Å². The molecule has 118 valence electrons. The van der Waals surface area contributed by atoms with Crippen molar-refractivity contribution in [3.63, 3.8) is 0 Å². The summed E-state index contributed by atoms with van der Waals surface area (Å²) in [5, 5.41) is 9.09. The minimum Gasteiger partial charge on any atom is -0.481 e. The van der Waals surface area contributed by atoms with E-state index >= 15 is 0 Å². The fourth-order valence-electron chi connectivity index (χ4n) is 4.41. The largest absolute Gasteiger partial charge is 0.481 e. The molecule has 1 spiro atoms. The van der Waals surface area contributed by atoms with Crippen molar-refractivity contribution in [2.24, 2.45) is 17.3 Å². The lowest BCUT2D eigenvalue weighted by molar-refractivity contribution is -0.139. The van der Waals surface area contributed by atoms with Crippen LogP contribution in [0.1, 0.15) is 64.2 Å². The van der Waals surface area contributed by atoms with Gasteiger partial charge in [-0.1, -0.05) is 32.1 Å². The van der Waals surface area contributed by atoms with Crippen LogP contribution < -0.4 is 0 Å². The summed E-state index contributed by atoms with van der Waals surface area (Å²) < 4.78 is 0. The second-order valence-corrected chi connectivity index (χ2v) is 7.38. The zero-order chi connectivity index (χ0) is 14.9. The molecule has 1 unspecified atom stereocenters. The van der Waals surface area contributed by atoms with E-state index in [1.54, 1.807) is 0 Å². The Morgan fingerprint density at radius 3 is 2.33 bits per heavy atom. The maximum atomic E-state index is 12.3. The van der Waals surface area contributed by atoms with Crippen LogP contribution in [0.5, 0.6) is 0 Å². The Morgan fingerprint density at radius 1 is 1.10 bits per heavy atom. The predicted octanol–water partition coefficient (Wildman–Crippen LogP) is 3.06. The number of hydrogen-bond donors (Lipinski definition) is 1. The van der Waals surface area contributed by atoms with E-state index in [4.69, 9.17) is 5.11 Å². The van der Waals surface area contributed by atoms with Crippen LogP contribution in [-0.2, 0) is 9.59 Å². The van der Waals surface area contributed by atoms with Crippen molar-refractivity contribution in [1.82, 2.24) is 4.90 Å². The van der Waals surface area contributed by atoms with Gasteiger partial charge in [0.2, 0.25) is 5.91 Å². The molecule has 0 aromatic heterocycles. The molecule has 1 aliphatic heterocycles. The molecule has 3 aliphatic rings. The van der Waals surface area contributed by atoms with Crippen molar-refractivity contribution < 1.29 is 14.7 Å². The number of carbonyl (C=O) groups is 2. The molecule has 21 heavy (non-hydrogen) atoms. The number of carboxylic acid groups (broad SMARTS) is 1. The van der Waals surface area contributed by atoms with Crippen molar-refractivity contribution in [2.75, 3.05) is 13.1 Å². The van der Waals surface area contributed by atoms with Gasteiger partial charge in [-0.3, -0.25) is 9.59 Å². The van der Waals surface area contributed by atoms with Gasteiger partial charge in [0.25, 0.3) is 0 Å². The van der Waals surface area contributed by atoms with Gasteiger partial charge in [-0.2, -0.15) is 0 Å². The molecule has 1 amide bonds. The van der Waals surface area contributed by atoms with Crippen LogP contribution in [0, 0.1) is 17.3 Å². The molecule has 2 saturated carbocycles. The average molecular weight is 293 g/mol. The molecular weight excluding hydrogens is 266 g/mol. The zero-order valence-corrected chi connectivity index (χ0v) is 12.9. The number of hydrogen-bond acceptors (Lipinski definition) is 2. The Balaban J connectivity index is 1.40. The van der Waals surface area contributed by atoms with Crippen LogP contribution in [0.4, 0.5) is 0 Å². The van der Waals surface area contributed by atoms with E-state index in [0.29, 0.717) is 12.3 Å². The highest BCUT2D eigenvalue weighted by molar-refractivity contribution is 5.77. The van der Waals surface area contributed by atoms with Gasteiger partial charge in [-0.15, -0.1) is 0 Å². The molecule has 1 heterocycles. The minimum atomic E-state index is -0.646. The summed E-state index contributed by atoms with van der Waals surface area (Å²) in [4.78, 5) is 25.3. The highest BCUT2D eigenvalue weighted by Crippen LogP contribution is 2.59. The smallest absolute Gasteiger partial charge is 0.307 e. The monoisotopic (exact) mass is 293 g/mol. The highest BCUT2D eigenvalue weighted by Gasteiger charge is 2.59. The number of aliphatic carboxylic acids is 1. The first-order chi connectivity index (χ1) is 10.1. The summed E-state index contributed by atoms with van der Waals surface area (Å²) in [7, 11) is 0. The Morgan fingerprint density at radius 2 is 1.76 bits per heavy atom. The fraction of sp³-hybridized carbons (Fsp3) is 0.882. The van der Waals surface area contributed by atoms with Gasteiger partial charge in [0, 0.05) is 19.5 Å². The second kappa shape index (κ2) is 5.98. The van der Waals surface area contributed by atoms with Crippen LogP contribution in [0.15, 0.2) is 0 Å². The van der Waals surface area contributed by atoms with Crippen molar-refractivity contribution in [3.8, 4) is 0 Å². The third-order valence-electron chi connectivity index (χ3n) is 6.09. The molecule has 1 N–H and O–H groups in total. The first-order valence-electron chi connectivity index (χ1n) is 8.61. The number of piperidine rings is 1. The van der Waals surface area contributed by atoms with Crippen LogP contribution in [-0.4, -0.2) is 35.0 Å². The lowest BCUT2D eigenvalue weighted by Gasteiger charge is -2.33. The molecule has 0 bridgehead atoms. The van der Waals surface area contributed by atoms with Crippen molar-refractivity contribution in [3.05, 3.63) is 0 Å². The summed E-state index contributed by atoms with van der Waals surface area (Å²) in [6.45, 7) is 1.54. The summed E-state index contributed by atoms with van der Waals surface area (Å²) in [5.41, 5.74) is 0.0337. The van der Waals surface area contributed by atoms with E-state index in [1.165, 1.54) is 32.1 Å². The topological polar surface area (TPSA) is 57.6 Å². The Bertz CT molecular complexity index is 406. The molecule has 0 aromatic rings. The van der Waals surface area contributed by atoms with Crippen LogP contribution in [0.2, 0.25) is 0 Å². The quantitative estimate of drug-likeness (QED) is 0.866. The third kappa shape index (κ3) is 3.24. The standard InChI is InChI=1S/C17H27NO3/c19-15(7-6-13-4-2-1-3-5-13)18-10-8-17(9-11-18)12-14(17)16(20)21/h13-14H,1-12H2,(H,20,21).